The van der Waals surface area contributed by atoms with Crippen LogP contribution in [0.15, 0.2) is 30.2 Å². The molecule has 5 N–H and O–H groups in total. The quantitative estimate of drug-likeness (QED) is 0.310. The van der Waals surface area contributed by atoms with E-state index in [4.69, 9.17) is 17.0 Å². The van der Waals surface area contributed by atoms with E-state index in [0.717, 1.165) is 12.3 Å². The van der Waals surface area contributed by atoms with Gasteiger partial charge in [0, 0.05) is 31.6 Å². The van der Waals surface area contributed by atoms with Gasteiger partial charge in [-0.25, -0.2) is 18.2 Å². The molecule has 2 aromatic rings. The van der Waals surface area contributed by atoms with E-state index >= 15 is 0 Å². The third-order valence-electron chi connectivity index (χ3n) is 3.53. The molecule has 0 aliphatic rings. The summed E-state index contributed by atoms with van der Waals surface area (Å²) in [4.78, 5) is 19.2. The molecular weight excluding hydrogens is 411 g/mol. The number of allylic oxidation sites excluding steroid dienone is 1. The van der Waals surface area contributed by atoms with Crippen LogP contribution in [0.25, 0.3) is 0 Å². The van der Waals surface area contributed by atoms with Crippen molar-refractivity contribution in [2.24, 2.45) is 0 Å². The molecule has 12 heteroatoms. The maximum absolute atomic E-state index is 13.8. The van der Waals surface area contributed by atoms with Crippen LogP contribution < -0.4 is 21.3 Å². The second-order valence-electron chi connectivity index (χ2n) is 5.49. The fraction of sp³-hybridized carbons (Fsp3) is 0.176. The van der Waals surface area contributed by atoms with Crippen molar-refractivity contribution < 1.29 is 18.0 Å². The highest BCUT2D eigenvalue weighted by atomic mass is 35.5. The van der Waals surface area contributed by atoms with Crippen LogP contribution in [0.3, 0.4) is 0 Å². The van der Waals surface area contributed by atoms with Crippen LogP contribution in [0.1, 0.15) is 5.56 Å². The molecule has 1 aromatic heterocycles. The summed E-state index contributed by atoms with van der Waals surface area (Å²) in [6, 6.07) is 1.51. The predicted octanol–water partition coefficient (Wildman–Crippen LogP) is 2.40. The molecule has 29 heavy (non-hydrogen) atoms. The molecule has 0 atom stereocenters. The first-order valence-corrected chi connectivity index (χ1v) is 8.54. The Morgan fingerprint density at radius 2 is 2.00 bits per heavy atom. The van der Waals surface area contributed by atoms with Crippen molar-refractivity contribution in [3.8, 4) is 0 Å². The largest absolute Gasteiger partial charge is 0.380 e. The topological polar surface area (TPSA) is 115 Å². The highest BCUT2D eigenvalue weighted by Gasteiger charge is 2.15. The van der Waals surface area contributed by atoms with Gasteiger partial charge < -0.3 is 26.7 Å². The average Bonchev–Trinajstić information content (AvgIpc) is 2.71. The van der Waals surface area contributed by atoms with E-state index in [2.05, 4.69) is 31.2 Å². The highest BCUT2D eigenvalue weighted by molar-refractivity contribution is 6.32. The maximum atomic E-state index is 13.8. The monoisotopic (exact) mass is 427 g/mol. The summed E-state index contributed by atoms with van der Waals surface area (Å²) in [5.74, 6) is -3.60. The lowest BCUT2D eigenvalue weighted by Crippen LogP contribution is -2.29. The molecule has 0 fully saturated rings. The molecular formula is C17H17ClF3N7O. The van der Waals surface area contributed by atoms with Gasteiger partial charge in [0.2, 0.25) is 11.9 Å². The van der Waals surface area contributed by atoms with Gasteiger partial charge in [0.05, 0.1) is 18.4 Å². The van der Waals surface area contributed by atoms with Crippen molar-refractivity contribution in [3.05, 3.63) is 58.3 Å². The first-order chi connectivity index (χ1) is 13.8. The summed E-state index contributed by atoms with van der Waals surface area (Å²) in [7, 11) is 1.49. The Hall–Kier alpha value is -3.34. The van der Waals surface area contributed by atoms with Gasteiger partial charge in [-0.1, -0.05) is 11.6 Å². The Balaban J connectivity index is 2.11. The Bertz CT molecular complexity index is 939. The molecule has 1 heterocycles. The summed E-state index contributed by atoms with van der Waals surface area (Å²) in [6.45, 7) is -0.416. The normalized spacial score (nSPS) is 11.0. The number of carbonyl (C=O) groups excluding carboxylic acids is 1. The molecule has 0 saturated heterocycles. The lowest BCUT2D eigenvalue weighted by Gasteiger charge is -2.11. The predicted molar refractivity (Wildman–Crippen MR) is 103 cm³/mol. The summed E-state index contributed by atoms with van der Waals surface area (Å²) in [5, 5.41) is 17.9. The van der Waals surface area contributed by atoms with Crippen molar-refractivity contribution >= 4 is 35.5 Å². The standard InChI is InChI=1S/C17H17ClF3N7O/c1-23-14(29)8-24-5-9(4-22)27-17-26-7-11(18)16(28-17)25-6-10-12(19)2-3-13(20)15(10)21/h2-5,7,22,24H,6,8H2,1H3,(H,23,29)(H2,25,26,27,28)/b9-5+,22-4?. The molecule has 154 valence electrons. The van der Waals surface area contributed by atoms with Crippen LogP contribution in [0, 0.1) is 22.9 Å². The minimum atomic E-state index is -1.31. The Kier molecular flexibility index (Phi) is 7.78. The van der Waals surface area contributed by atoms with Crippen molar-refractivity contribution in [2.45, 2.75) is 6.54 Å². The van der Waals surface area contributed by atoms with Crippen LogP contribution in [-0.4, -0.2) is 35.7 Å². The third kappa shape index (κ3) is 6.07. The number of anilines is 2. The molecule has 0 bridgehead atoms. The van der Waals surface area contributed by atoms with E-state index in [1.54, 1.807) is 0 Å². The summed E-state index contributed by atoms with van der Waals surface area (Å²) in [5.41, 5.74) is -0.280. The summed E-state index contributed by atoms with van der Waals surface area (Å²) in [6.07, 6.45) is 3.56. The van der Waals surface area contributed by atoms with E-state index < -0.39 is 29.6 Å². The van der Waals surface area contributed by atoms with Crippen molar-refractivity contribution in [3.63, 3.8) is 0 Å². The molecule has 1 aromatic carbocycles. The number of rotatable bonds is 9. The van der Waals surface area contributed by atoms with Gasteiger partial charge in [-0.15, -0.1) is 0 Å². The van der Waals surface area contributed by atoms with Crippen LogP contribution >= 0.6 is 11.6 Å². The van der Waals surface area contributed by atoms with Crippen molar-refractivity contribution in [2.75, 3.05) is 24.2 Å². The zero-order valence-electron chi connectivity index (χ0n) is 15.1. The smallest absolute Gasteiger partial charge is 0.239 e. The zero-order valence-corrected chi connectivity index (χ0v) is 15.9. The van der Waals surface area contributed by atoms with Gasteiger partial charge in [-0.2, -0.15) is 4.98 Å². The molecule has 0 unspecified atom stereocenters. The van der Waals surface area contributed by atoms with Gasteiger partial charge in [0.15, 0.2) is 17.5 Å². The van der Waals surface area contributed by atoms with E-state index in [1.165, 1.54) is 19.4 Å². The average molecular weight is 428 g/mol. The molecule has 8 nitrogen and oxygen atoms in total. The summed E-state index contributed by atoms with van der Waals surface area (Å²) < 4.78 is 40.8. The SMILES string of the molecule is CNC(=O)CN/C=C(\C=N)Nc1ncc(Cl)c(NCc2c(F)ccc(F)c2F)n1. The highest BCUT2D eigenvalue weighted by Crippen LogP contribution is 2.22. The number of benzene rings is 1. The Morgan fingerprint density at radius 1 is 1.28 bits per heavy atom. The first kappa shape index (κ1) is 22.0. The lowest BCUT2D eigenvalue weighted by atomic mass is 10.2. The number of halogens is 4. The molecule has 1 amide bonds. The number of hydrogen-bond acceptors (Lipinski definition) is 7. The molecule has 0 saturated carbocycles. The first-order valence-electron chi connectivity index (χ1n) is 8.16. The van der Waals surface area contributed by atoms with Gasteiger partial charge in [-0.3, -0.25) is 4.79 Å². The van der Waals surface area contributed by atoms with Crippen molar-refractivity contribution in [1.29, 1.82) is 5.41 Å². The van der Waals surface area contributed by atoms with E-state index in [9.17, 15) is 18.0 Å². The van der Waals surface area contributed by atoms with E-state index in [-0.39, 0.29) is 34.9 Å². The molecule has 2 rings (SSSR count). The minimum Gasteiger partial charge on any atom is -0.380 e. The lowest BCUT2D eigenvalue weighted by molar-refractivity contribution is -0.119. The molecule has 0 spiro atoms. The van der Waals surface area contributed by atoms with Crippen molar-refractivity contribution in [1.82, 2.24) is 20.6 Å². The number of nitrogens with zero attached hydrogens (tertiary/aromatic N) is 2. The van der Waals surface area contributed by atoms with E-state index in [0.29, 0.717) is 6.07 Å². The number of carbonyl (C=O) groups is 1. The summed E-state index contributed by atoms with van der Waals surface area (Å²) >= 11 is 5.99. The fourth-order valence-electron chi connectivity index (χ4n) is 2.04. The van der Waals surface area contributed by atoms with Crippen LogP contribution in [0.2, 0.25) is 5.02 Å². The Labute approximate surface area is 169 Å². The molecule has 0 aliphatic heterocycles. The number of hydrogen-bond donors (Lipinski definition) is 5. The number of aromatic nitrogens is 2. The van der Waals surface area contributed by atoms with Gasteiger partial charge in [-0.05, 0) is 12.1 Å². The minimum absolute atomic E-state index is 0.00539. The molecule has 0 aliphatic carbocycles. The van der Waals surface area contributed by atoms with Gasteiger partial charge >= 0.3 is 0 Å². The Morgan fingerprint density at radius 3 is 2.69 bits per heavy atom. The second kappa shape index (κ2) is 10.3. The zero-order chi connectivity index (χ0) is 21.4. The van der Waals surface area contributed by atoms with Crippen LogP contribution in [-0.2, 0) is 11.3 Å². The second-order valence-corrected chi connectivity index (χ2v) is 5.90. The molecule has 0 radical (unpaired) electrons. The van der Waals surface area contributed by atoms with Gasteiger partial charge in [0.1, 0.15) is 10.8 Å². The van der Waals surface area contributed by atoms with Crippen LogP contribution in [0.4, 0.5) is 24.9 Å². The van der Waals surface area contributed by atoms with Gasteiger partial charge in [0.25, 0.3) is 0 Å². The number of amides is 1. The maximum Gasteiger partial charge on any atom is 0.239 e. The third-order valence-corrected chi connectivity index (χ3v) is 3.80. The van der Waals surface area contributed by atoms with Crippen LogP contribution in [0.5, 0.6) is 0 Å². The number of likely N-dealkylation sites (N-methyl/N-ethyl adjacent to an activating group) is 1. The number of nitrogens with one attached hydrogen (secondary N) is 5. The van der Waals surface area contributed by atoms with E-state index in [1.807, 2.05) is 0 Å². The fourth-order valence-corrected chi connectivity index (χ4v) is 2.20.